The van der Waals surface area contributed by atoms with Crippen LogP contribution in [-0.2, 0) is 0 Å². The Bertz CT molecular complexity index is 682. The van der Waals surface area contributed by atoms with Crippen molar-refractivity contribution in [3.05, 3.63) is 48.5 Å². The van der Waals surface area contributed by atoms with Gasteiger partial charge >= 0.3 is 6.03 Å². The number of likely N-dealkylation sites (tertiary alicyclic amines) is 1. The lowest BCUT2D eigenvalue weighted by Crippen LogP contribution is -2.44. The topological polar surface area (TPSA) is 70.4 Å². The van der Waals surface area contributed by atoms with Gasteiger partial charge in [0.05, 0.1) is 18.5 Å². The Kier molecular flexibility index (Phi) is 5.38. The van der Waals surface area contributed by atoms with Gasteiger partial charge in [-0.3, -0.25) is 0 Å². The SMILES string of the molecule is C[C@H](O)C[C@@H]1CCCN1C(=O)N[C@@H](C)c1ccc(-n2ccnc2)cc1. The van der Waals surface area contributed by atoms with Crippen LogP contribution in [0.25, 0.3) is 5.69 Å². The lowest BCUT2D eigenvalue weighted by molar-refractivity contribution is 0.137. The molecule has 134 valence electrons. The van der Waals surface area contributed by atoms with Crippen molar-refractivity contribution in [3.63, 3.8) is 0 Å². The summed E-state index contributed by atoms with van der Waals surface area (Å²) < 4.78 is 1.94. The number of hydrogen-bond donors (Lipinski definition) is 2. The summed E-state index contributed by atoms with van der Waals surface area (Å²) in [6, 6.07) is 8.11. The highest BCUT2D eigenvalue weighted by Gasteiger charge is 2.30. The van der Waals surface area contributed by atoms with E-state index in [9.17, 15) is 9.90 Å². The van der Waals surface area contributed by atoms with Crippen molar-refractivity contribution in [1.82, 2.24) is 19.8 Å². The van der Waals surface area contributed by atoms with Gasteiger partial charge in [0.25, 0.3) is 0 Å². The number of aromatic nitrogens is 2. The summed E-state index contributed by atoms with van der Waals surface area (Å²) in [5.41, 5.74) is 2.10. The molecule has 0 aliphatic carbocycles. The fourth-order valence-corrected chi connectivity index (χ4v) is 3.44. The molecular weight excluding hydrogens is 316 g/mol. The van der Waals surface area contributed by atoms with Gasteiger partial charge in [-0.05, 0) is 50.8 Å². The third-order valence-corrected chi connectivity index (χ3v) is 4.79. The molecule has 2 heterocycles. The van der Waals surface area contributed by atoms with E-state index in [1.165, 1.54) is 0 Å². The maximum absolute atomic E-state index is 12.6. The zero-order valence-corrected chi connectivity index (χ0v) is 14.8. The summed E-state index contributed by atoms with van der Waals surface area (Å²) in [6.07, 6.45) is 7.63. The molecule has 0 saturated carbocycles. The zero-order chi connectivity index (χ0) is 17.8. The minimum absolute atomic E-state index is 0.0469. The zero-order valence-electron chi connectivity index (χ0n) is 14.8. The monoisotopic (exact) mass is 342 g/mol. The van der Waals surface area contributed by atoms with Crippen LogP contribution in [-0.4, -0.2) is 44.3 Å². The Hall–Kier alpha value is -2.34. The van der Waals surface area contributed by atoms with E-state index in [4.69, 9.17) is 0 Å². The molecule has 1 fully saturated rings. The second-order valence-corrected chi connectivity index (χ2v) is 6.81. The number of benzene rings is 1. The summed E-state index contributed by atoms with van der Waals surface area (Å²) in [4.78, 5) is 18.5. The van der Waals surface area contributed by atoms with Gasteiger partial charge in [-0.25, -0.2) is 9.78 Å². The number of nitrogens with one attached hydrogen (secondary N) is 1. The summed E-state index contributed by atoms with van der Waals surface area (Å²) >= 11 is 0. The number of carbonyl (C=O) groups is 1. The summed E-state index contributed by atoms with van der Waals surface area (Å²) in [5.74, 6) is 0. The number of aliphatic hydroxyl groups excluding tert-OH is 1. The lowest BCUT2D eigenvalue weighted by Gasteiger charge is -2.27. The molecule has 2 amide bonds. The second kappa shape index (κ2) is 7.70. The molecule has 6 heteroatoms. The molecule has 1 aliphatic heterocycles. The predicted molar refractivity (Wildman–Crippen MR) is 96.5 cm³/mol. The first kappa shape index (κ1) is 17.5. The van der Waals surface area contributed by atoms with Crippen molar-refractivity contribution < 1.29 is 9.90 Å². The molecule has 0 radical (unpaired) electrons. The van der Waals surface area contributed by atoms with E-state index in [1.807, 2.05) is 46.9 Å². The molecule has 2 N–H and O–H groups in total. The molecule has 25 heavy (non-hydrogen) atoms. The summed E-state index contributed by atoms with van der Waals surface area (Å²) in [7, 11) is 0. The molecule has 1 saturated heterocycles. The maximum atomic E-state index is 12.6. The average Bonchev–Trinajstić information content (AvgIpc) is 3.26. The van der Waals surface area contributed by atoms with Crippen molar-refractivity contribution in [1.29, 1.82) is 0 Å². The van der Waals surface area contributed by atoms with Crippen LogP contribution in [0.1, 0.15) is 44.7 Å². The average molecular weight is 342 g/mol. The summed E-state index contributed by atoms with van der Waals surface area (Å²) in [5, 5.41) is 12.7. The molecule has 0 bridgehead atoms. The highest BCUT2D eigenvalue weighted by Crippen LogP contribution is 2.23. The van der Waals surface area contributed by atoms with E-state index < -0.39 is 0 Å². The Morgan fingerprint density at radius 3 is 2.76 bits per heavy atom. The predicted octanol–water partition coefficient (Wildman–Crippen LogP) is 2.88. The third kappa shape index (κ3) is 4.20. The molecule has 1 aromatic heterocycles. The van der Waals surface area contributed by atoms with E-state index in [1.54, 1.807) is 19.4 Å². The van der Waals surface area contributed by atoms with E-state index in [2.05, 4.69) is 10.3 Å². The Morgan fingerprint density at radius 2 is 2.12 bits per heavy atom. The lowest BCUT2D eigenvalue weighted by atomic mass is 10.1. The van der Waals surface area contributed by atoms with E-state index in [-0.39, 0.29) is 24.2 Å². The van der Waals surface area contributed by atoms with Crippen LogP contribution in [0.5, 0.6) is 0 Å². The minimum Gasteiger partial charge on any atom is -0.393 e. The third-order valence-electron chi connectivity index (χ3n) is 4.79. The Balaban J connectivity index is 1.61. The number of nitrogens with zero attached hydrogens (tertiary/aromatic N) is 3. The van der Waals surface area contributed by atoms with Gasteiger partial charge in [-0.1, -0.05) is 12.1 Å². The number of rotatable bonds is 5. The number of amides is 2. The van der Waals surface area contributed by atoms with Crippen LogP contribution in [0.4, 0.5) is 4.79 Å². The van der Waals surface area contributed by atoms with Gasteiger partial charge in [0.2, 0.25) is 0 Å². The first-order valence-corrected chi connectivity index (χ1v) is 8.88. The van der Waals surface area contributed by atoms with Crippen molar-refractivity contribution >= 4 is 6.03 Å². The van der Waals surface area contributed by atoms with Gasteiger partial charge in [0.1, 0.15) is 0 Å². The largest absolute Gasteiger partial charge is 0.393 e. The van der Waals surface area contributed by atoms with Gasteiger partial charge in [0, 0.05) is 30.7 Å². The minimum atomic E-state index is -0.383. The van der Waals surface area contributed by atoms with Gasteiger partial charge in [-0.2, -0.15) is 0 Å². The number of imidazole rings is 1. The summed E-state index contributed by atoms with van der Waals surface area (Å²) in [6.45, 7) is 4.53. The second-order valence-electron chi connectivity index (χ2n) is 6.81. The highest BCUT2D eigenvalue weighted by atomic mass is 16.3. The van der Waals surface area contributed by atoms with Crippen molar-refractivity contribution in [2.45, 2.75) is 51.3 Å². The molecule has 1 aliphatic rings. The number of urea groups is 1. The molecule has 0 unspecified atom stereocenters. The van der Waals surface area contributed by atoms with Gasteiger partial charge in [-0.15, -0.1) is 0 Å². The molecule has 2 aromatic rings. The fourth-order valence-electron chi connectivity index (χ4n) is 3.44. The van der Waals surface area contributed by atoms with Crippen LogP contribution in [0, 0.1) is 0 Å². The smallest absolute Gasteiger partial charge is 0.318 e. The Morgan fingerprint density at radius 1 is 1.36 bits per heavy atom. The molecule has 1 aromatic carbocycles. The molecule has 3 rings (SSSR count). The van der Waals surface area contributed by atoms with Crippen molar-refractivity contribution in [2.75, 3.05) is 6.54 Å². The molecule has 6 nitrogen and oxygen atoms in total. The normalized spacial score (nSPS) is 19.6. The number of carbonyl (C=O) groups excluding carboxylic acids is 1. The highest BCUT2D eigenvalue weighted by molar-refractivity contribution is 5.75. The van der Waals surface area contributed by atoms with Crippen molar-refractivity contribution in [3.8, 4) is 5.69 Å². The maximum Gasteiger partial charge on any atom is 0.318 e. The Labute approximate surface area is 148 Å². The molecular formula is C19H26N4O2. The van der Waals surface area contributed by atoms with Crippen molar-refractivity contribution in [2.24, 2.45) is 0 Å². The number of hydrogen-bond acceptors (Lipinski definition) is 3. The number of aliphatic hydroxyl groups is 1. The van der Waals surface area contributed by atoms with Crippen LogP contribution in [0.3, 0.4) is 0 Å². The molecule has 0 spiro atoms. The van der Waals surface area contributed by atoms with Crippen LogP contribution in [0.15, 0.2) is 43.0 Å². The first-order valence-electron chi connectivity index (χ1n) is 8.88. The fraction of sp³-hybridized carbons (Fsp3) is 0.474. The standard InChI is InChI=1S/C19H26N4O2/c1-14(24)12-18-4-3-10-23(18)19(25)21-15(2)16-5-7-17(8-6-16)22-11-9-20-13-22/h5-9,11,13-15,18,24H,3-4,10,12H2,1-2H3,(H,21,25)/t14-,15-,18-/m0/s1. The van der Waals surface area contributed by atoms with Gasteiger partial charge < -0.3 is 19.9 Å². The van der Waals surface area contributed by atoms with Crippen LogP contribution in [0.2, 0.25) is 0 Å². The van der Waals surface area contributed by atoms with E-state index in [0.29, 0.717) is 6.42 Å². The van der Waals surface area contributed by atoms with Gasteiger partial charge in [0.15, 0.2) is 0 Å². The van der Waals surface area contributed by atoms with Crippen LogP contribution >= 0.6 is 0 Å². The van der Waals surface area contributed by atoms with Crippen LogP contribution < -0.4 is 5.32 Å². The van der Waals surface area contributed by atoms with E-state index in [0.717, 1.165) is 30.6 Å². The quantitative estimate of drug-likeness (QED) is 0.878. The molecule has 3 atom stereocenters. The van der Waals surface area contributed by atoms with E-state index >= 15 is 0 Å². The first-order chi connectivity index (χ1) is 12.0.